The van der Waals surface area contributed by atoms with Crippen LogP contribution in [0, 0.1) is 11.8 Å². The minimum Gasteiger partial charge on any atom is -0.384 e. The van der Waals surface area contributed by atoms with Crippen LogP contribution >= 0.6 is 11.6 Å². The largest absolute Gasteiger partial charge is 0.384 e. The molecule has 2 N–H and O–H groups in total. The Balaban J connectivity index is 1.57. The molecule has 0 spiro atoms. The Morgan fingerprint density at radius 1 is 1.29 bits per heavy atom. The molecule has 0 radical (unpaired) electrons. The first-order valence-corrected chi connectivity index (χ1v) is 11.0. The van der Waals surface area contributed by atoms with E-state index in [0.717, 1.165) is 18.7 Å². The minimum atomic E-state index is -0.283. The summed E-state index contributed by atoms with van der Waals surface area (Å²) in [5.41, 5.74) is 1.96. The fourth-order valence-corrected chi connectivity index (χ4v) is 4.12. The van der Waals surface area contributed by atoms with Crippen molar-refractivity contribution in [2.45, 2.75) is 25.9 Å². The van der Waals surface area contributed by atoms with Crippen molar-refractivity contribution in [3.8, 4) is 11.8 Å². The second kappa shape index (κ2) is 9.69. The van der Waals surface area contributed by atoms with E-state index in [1.165, 1.54) is 0 Å². The number of aliphatic hydroxyl groups is 1. The summed E-state index contributed by atoms with van der Waals surface area (Å²) in [5, 5.41) is 12.7. The maximum Gasteiger partial charge on any atom is 0.251 e. The molecule has 0 bridgehead atoms. The van der Waals surface area contributed by atoms with Crippen LogP contribution in [-0.4, -0.2) is 77.9 Å². The summed E-state index contributed by atoms with van der Waals surface area (Å²) in [6.07, 6.45) is 1.48. The van der Waals surface area contributed by atoms with Gasteiger partial charge < -0.3 is 25.0 Å². The zero-order valence-corrected chi connectivity index (χ0v) is 18.3. The number of rotatable bonds is 4. The molecule has 2 fully saturated rings. The Hall–Kier alpha value is -2.60. The Morgan fingerprint density at radius 3 is 2.74 bits per heavy atom. The lowest BCUT2D eigenvalue weighted by molar-refractivity contribution is -0.141. The van der Waals surface area contributed by atoms with E-state index in [9.17, 15) is 4.79 Å². The first-order valence-electron chi connectivity index (χ1n) is 10.6. The van der Waals surface area contributed by atoms with Crippen LogP contribution in [0.3, 0.4) is 0 Å². The molecule has 31 heavy (non-hydrogen) atoms. The maximum atomic E-state index is 12.6. The first-order chi connectivity index (χ1) is 15.1. The number of fused-ring (bicyclic) bond motifs is 1. The van der Waals surface area contributed by atoms with Gasteiger partial charge in [0.25, 0.3) is 5.91 Å². The van der Waals surface area contributed by atoms with Gasteiger partial charge in [0.15, 0.2) is 11.6 Å². The van der Waals surface area contributed by atoms with Gasteiger partial charge in [-0.25, -0.2) is 9.97 Å². The molecule has 2 saturated heterocycles. The van der Waals surface area contributed by atoms with E-state index in [4.69, 9.17) is 31.4 Å². The molecule has 1 amide bonds. The molecule has 2 aliphatic rings. The lowest BCUT2D eigenvalue weighted by Gasteiger charge is -2.36. The van der Waals surface area contributed by atoms with Gasteiger partial charge in [0.1, 0.15) is 12.7 Å². The monoisotopic (exact) mass is 443 g/mol. The number of ether oxygens (including phenoxy) is 1. The van der Waals surface area contributed by atoms with Gasteiger partial charge in [0.05, 0.1) is 16.1 Å². The molecule has 0 unspecified atom stereocenters. The van der Waals surface area contributed by atoms with Crippen molar-refractivity contribution in [3.63, 3.8) is 0 Å². The summed E-state index contributed by atoms with van der Waals surface area (Å²) in [6.45, 7) is 5.74. The zero-order chi connectivity index (χ0) is 21.8. The van der Waals surface area contributed by atoms with Crippen LogP contribution in [-0.2, 0) is 9.53 Å². The lowest BCUT2D eigenvalue weighted by Crippen LogP contribution is -2.51. The smallest absolute Gasteiger partial charge is 0.251 e. The van der Waals surface area contributed by atoms with Crippen molar-refractivity contribution in [1.29, 1.82) is 0 Å². The molecule has 2 aromatic rings. The Labute approximate surface area is 186 Å². The molecular formula is C22H26ClN5O3. The Bertz CT molecular complexity index is 1020. The highest BCUT2D eigenvalue weighted by atomic mass is 35.5. The number of aliphatic hydroxyl groups excluding tert-OH is 1. The Morgan fingerprint density at radius 2 is 2.06 bits per heavy atom. The highest BCUT2D eigenvalue weighted by Gasteiger charge is 2.31. The van der Waals surface area contributed by atoms with Crippen LogP contribution in [0.1, 0.15) is 25.3 Å². The SMILES string of the molecule is CCNc1nc2cc(C#CCO)c(Cl)cc2nc1N1CCN(C(=O)[C@H]2CCCO2)CC1. The molecule has 1 aromatic carbocycles. The van der Waals surface area contributed by atoms with E-state index in [1.807, 2.05) is 11.8 Å². The van der Waals surface area contributed by atoms with E-state index in [-0.39, 0.29) is 18.6 Å². The van der Waals surface area contributed by atoms with Crippen LogP contribution < -0.4 is 10.2 Å². The number of hydrogen-bond donors (Lipinski definition) is 2. The molecule has 1 atom stereocenters. The number of hydrogen-bond acceptors (Lipinski definition) is 7. The number of piperazine rings is 1. The minimum absolute atomic E-state index is 0.0944. The molecule has 8 nitrogen and oxygen atoms in total. The third-order valence-electron chi connectivity index (χ3n) is 5.48. The van der Waals surface area contributed by atoms with E-state index < -0.39 is 0 Å². The van der Waals surface area contributed by atoms with Crippen molar-refractivity contribution < 1.29 is 14.6 Å². The van der Waals surface area contributed by atoms with Crippen molar-refractivity contribution in [2.24, 2.45) is 0 Å². The van der Waals surface area contributed by atoms with E-state index >= 15 is 0 Å². The highest BCUT2D eigenvalue weighted by Crippen LogP contribution is 2.29. The van der Waals surface area contributed by atoms with E-state index in [1.54, 1.807) is 12.1 Å². The molecule has 164 valence electrons. The summed E-state index contributed by atoms with van der Waals surface area (Å²) in [5.74, 6) is 7.00. The number of carbonyl (C=O) groups excluding carboxylic acids is 1. The second-order valence-electron chi connectivity index (χ2n) is 7.52. The van der Waals surface area contributed by atoms with Crippen LogP contribution in [0.4, 0.5) is 11.6 Å². The van der Waals surface area contributed by atoms with Gasteiger partial charge >= 0.3 is 0 Å². The molecule has 1 aromatic heterocycles. The van der Waals surface area contributed by atoms with Crippen LogP contribution in [0.5, 0.6) is 0 Å². The van der Waals surface area contributed by atoms with Crippen molar-refractivity contribution >= 4 is 40.2 Å². The number of halogens is 1. The standard InChI is InChI=1S/C22H26ClN5O3/c1-2-24-20-21(26-18-14-16(23)15(5-3-11-29)13-17(18)25-20)27-7-9-28(10-8-27)22(30)19-6-4-12-31-19/h13-14,19,29H,2,4,6-12H2,1H3,(H,24,25)/t19-/m1/s1. The fraction of sp³-hybridized carbons (Fsp3) is 0.500. The molecule has 0 saturated carbocycles. The van der Waals surface area contributed by atoms with Gasteiger partial charge in [-0.15, -0.1) is 0 Å². The van der Waals surface area contributed by atoms with Crippen molar-refractivity contribution in [1.82, 2.24) is 14.9 Å². The maximum absolute atomic E-state index is 12.6. The summed E-state index contributed by atoms with van der Waals surface area (Å²) in [7, 11) is 0. The molecule has 9 heteroatoms. The number of carbonyl (C=O) groups is 1. The van der Waals surface area contributed by atoms with Gasteiger partial charge in [-0.1, -0.05) is 23.4 Å². The molecule has 3 heterocycles. The number of nitrogens with zero attached hydrogens (tertiary/aromatic N) is 4. The summed E-state index contributed by atoms with van der Waals surface area (Å²) < 4.78 is 5.55. The third-order valence-corrected chi connectivity index (χ3v) is 5.79. The first kappa shape index (κ1) is 21.6. The number of amides is 1. The molecule has 2 aliphatic heterocycles. The quantitative estimate of drug-likeness (QED) is 0.697. The number of benzene rings is 1. The third kappa shape index (κ3) is 4.69. The average Bonchev–Trinajstić information content (AvgIpc) is 3.32. The number of anilines is 2. The van der Waals surface area contributed by atoms with Crippen LogP contribution in [0.25, 0.3) is 11.0 Å². The van der Waals surface area contributed by atoms with E-state index in [2.05, 4.69) is 22.1 Å². The lowest BCUT2D eigenvalue weighted by atomic mass is 10.2. The topological polar surface area (TPSA) is 90.8 Å². The number of aromatic nitrogens is 2. The predicted molar refractivity (Wildman–Crippen MR) is 120 cm³/mol. The zero-order valence-electron chi connectivity index (χ0n) is 17.5. The molecule has 0 aliphatic carbocycles. The predicted octanol–water partition coefficient (Wildman–Crippen LogP) is 1.89. The summed E-state index contributed by atoms with van der Waals surface area (Å²) in [6, 6.07) is 3.54. The second-order valence-corrected chi connectivity index (χ2v) is 7.93. The van der Waals surface area contributed by atoms with Gasteiger partial charge in [0.2, 0.25) is 0 Å². The highest BCUT2D eigenvalue weighted by molar-refractivity contribution is 6.32. The normalized spacial score (nSPS) is 18.7. The van der Waals surface area contributed by atoms with Crippen molar-refractivity contribution in [2.75, 3.05) is 56.2 Å². The van der Waals surface area contributed by atoms with Gasteiger partial charge in [0, 0.05) is 44.9 Å². The summed E-state index contributed by atoms with van der Waals surface area (Å²) in [4.78, 5) is 26.3. The fourth-order valence-electron chi connectivity index (χ4n) is 3.92. The summed E-state index contributed by atoms with van der Waals surface area (Å²) >= 11 is 6.36. The molecular weight excluding hydrogens is 418 g/mol. The Kier molecular flexibility index (Phi) is 6.76. The van der Waals surface area contributed by atoms with E-state index in [0.29, 0.717) is 66.8 Å². The van der Waals surface area contributed by atoms with Crippen LogP contribution in [0.2, 0.25) is 5.02 Å². The van der Waals surface area contributed by atoms with Gasteiger partial charge in [-0.3, -0.25) is 4.79 Å². The van der Waals surface area contributed by atoms with Gasteiger partial charge in [-0.05, 0) is 31.9 Å². The van der Waals surface area contributed by atoms with Crippen LogP contribution in [0.15, 0.2) is 12.1 Å². The number of nitrogens with one attached hydrogen (secondary N) is 1. The molecule has 4 rings (SSSR count). The average molecular weight is 444 g/mol. The van der Waals surface area contributed by atoms with Crippen molar-refractivity contribution in [3.05, 3.63) is 22.7 Å². The van der Waals surface area contributed by atoms with Gasteiger partial charge in [-0.2, -0.15) is 0 Å².